The Kier molecular flexibility index (Phi) is 4.92. The van der Waals surface area contributed by atoms with Crippen molar-refractivity contribution in [3.63, 3.8) is 0 Å². The van der Waals surface area contributed by atoms with Gasteiger partial charge in [0.1, 0.15) is 28.9 Å². The third kappa shape index (κ3) is 3.94. The fourth-order valence-corrected chi connectivity index (χ4v) is 1.77. The van der Waals surface area contributed by atoms with E-state index in [1.165, 1.54) is 0 Å². The highest BCUT2D eigenvalue weighted by molar-refractivity contribution is 5.47. The van der Waals surface area contributed by atoms with Gasteiger partial charge in [0, 0.05) is 25.1 Å². The predicted octanol–water partition coefficient (Wildman–Crippen LogP) is 2.77. The van der Waals surface area contributed by atoms with E-state index in [0.29, 0.717) is 6.54 Å². The minimum atomic E-state index is 0.588. The fourth-order valence-electron chi connectivity index (χ4n) is 1.77. The van der Waals surface area contributed by atoms with Gasteiger partial charge in [-0.25, -0.2) is 9.97 Å². The van der Waals surface area contributed by atoms with E-state index in [-0.39, 0.29) is 0 Å². The van der Waals surface area contributed by atoms with Crippen LogP contribution in [0.3, 0.4) is 0 Å². The molecule has 0 unspecified atom stereocenters. The normalized spacial score (nSPS) is 10.6. The molecule has 2 heterocycles. The number of nitrogens with one attached hydrogen (secondary N) is 2. The molecule has 0 saturated carbocycles. The summed E-state index contributed by atoms with van der Waals surface area (Å²) in [5, 5.41) is 10.5. The average molecular weight is 275 g/mol. The van der Waals surface area contributed by atoms with Gasteiger partial charge in [-0.1, -0.05) is 19.0 Å². The highest BCUT2D eigenvalue weighted by atomic mass is 16.5. The van der Waals surface area contributed by atoms with Crippen LogP contribution in [-0.4, -0.2) is 21.7 Å². The first-order valence-corrected chi connectivity index (χ1v) is 6.99. The molecule has 2 aromatic heterocycles. The van der Waals surface area contributed by atoms with E-state index >= 15 is 0 Å². The lowest BCUT2D eigenvalue weighted by Crippen LogP contribution is -2.08. The lowest BCUT2D eigenvalue weighted by Gasteiger charge is -2.09. The van der Waals surface area contributed by atoms with Crippen LogP contribution in [0.15, 0.2) is 16.7 Å². The molecule has 108 valence electrons. The summed E-state index contributed by atoms with van der Waals surface area (Å²) in [4.78, 5) is 8.91. The van der Waals surface area contributed by atoms with Crippen molar-refractivity contribution >= 4 is 11.6 Å². The van der Waals surface area contributed by atoms with Crippen LogP contribution in [0, 0.1) is 6.92 Å². The topological polar surface area (TPSA) is 75.9 Å². The van der Waals surface area contributed by atoms with Crippen LogP contribution in [0.5, 0.6) is 0 Å². The Labute approximate surface area is 119 Å². The van der Waals surface area contributed by atoms with Crippen LogP contribution >= 0.6 is 0 Å². The molecule has 6 nitrogen and oxygen atoms in total. The number of aryl methyl sites for hydroxylation is 2. The second-order valence-electron chi connectivity index (χ2n) is 4.62. The number of hydrogen-bond donors (Lipinski definition) is 2. The number of anilines is 2. The Hall–Kier alpha value is -2.11. The van der Waals surface area contributed by atoms with Gasteiger partial charge in [-0.05, 0) is 13.3 Å². The summed E-state index contributed by atoms with van der Waals surface area (Å²) in [6.45, 7) is 7.54. The van der Waals surface area contributed by atoms with Crippen molar-refractivity contribution in [3.8, 4) is 0 Å². The first-order chi connectivity index (χ1) is 9.71. The minimum absolute atomic E-state index is 0.588. The Bertz CT molecular complexity index is 552. The van der Waals surface area contributed by atoms with E-state index in [1.807, 2.05) is 26.0 Å². The van der Waals surface area contributed by atoms with E-state index in [0.717, 1.165) is 48.3 Å². The van der Waals surface area contributed by atoms with Crippen molar-refractivity contribution in [1.29, 1.82) is 0 Å². The average Bonchev–Trinajstić information content (AvgIpc) is 2.88. The summed E-state index contributed by atoms with van der Waals surface area (Å²) < 4.78 is 5.04. The second kappa shape index (κ2) is 6.88. The monoisotopic (exact) mass is 275 g/mol. The van der Waals surface area contributed by atoms with Gasteiger partial charge in [0.25, 0.3) is 0 Å². The number of aromatic nitrogens is 3. The molecule has 0 radical (unpaired) electrons. The molecule has 0 aromatic carbocycles. The van der Waals surface area contributed by atoms with E-state index in [1.54, 1.807) is 0 Å². The molecule has 0 bridgehead atoms. The number of hydrogen-bond acceptors (Lipinski definition) is 6. The van der Waals surface area contributed by atoms with Gasteiger partial charge in [0.2, 0.25) is 0 Å². The lowest BCUT2D eigenvalue weighted by molar-refractivity contribution is 0.391. The minimum Gasteiger partial charge on any atom is -0.370 e. The molecular weight excluding hydrogens is 254 g/mol. The molecule has 20 heavy (non-hydrogen) atoms. The van der Waals surface area contributed by atoms with Gasteiger partial charge >= 0.3 is 0 Å². The quantitative estimate of drug-likeness (QED) is 0.809. The maximum atomic E-state index is 5.04. The van der Waals surface area contributed by atoms with Crippen molar-refractivity contribution in [2.75, 3.05) is 17.2 Å². The maximum absolute atomic E-state index is 5.04. The first-order valence-electron chi connectivity index (χ1n) is 6.99. The Morgan fingerprint density at radius 1 is 1.10 bits per heavy atom. The molecule has 0 saturated heterocycles. The zero-order chi connectivity index (χ0) is 14.4. The van der Waals surface area contributed by atoms with Crippen LogP contribution in [0.1, 0.15) is 37.5 Å². The van der Waals surface area contributed by atoms with Gasteiger partial charge < -0.3 is 15.2 Å². The summed E-state index contributed by atoms with van der Waals surface area (Å²) in [6.07, 6.45) is 1.87. The Morgan fingerprint density at radius 2 is 1.85 bits per heavy atom. The van der Waals surface area contributed by atoms with Crippen LogP contribution < -0.4 is 10.6 Å². The van der Waals surface area contributed by atoms with Gasteiger partial charge in [-0.2, -0.15) is 0 Å². The van der Waals surface area contributed by atoms with E-state index in [9.17, 15) is 0 Å². The van der Waals surface area contributed by atoms with E-state index in [4.69, 9.17) is 4.52 Å². The Morgan fingerprint density at radius 3 is 2.45 bits per heavy atom. The highest BCUT2D eigenvalue weighted by Gasteiger charge is 2.05. The van der Waals surface area contributed by atoms with Crippen LogP contribution in [0.4, 0.5) is 11.6 Å². The van der Waals surface area contributed by atoms with Crippen molar-refractivity contribution in [3.05, 3.63) is 29.4 Å². The zero-order valence-corrected chi connectivity index (χ0v) is 12.2. The molecule has 0 spiro atoms. The van der Waals surface area contributed by atoms with Crippen LogP contribution in [-0.2, 0) is 13.0 Å². The summed E-state index contributed by atoms with van der Waals surface area (Å²) in [5.74, 6) is 3.29. The second-order valence-corrected chi connectivity index (χ2v) is 4.62. The summed E-state index contributed by atoms with van der Waals surface area (Å²) >= 11 is 0. The molecule has 0 atom stereocenters. The van der Waals surface area contributed by atoms with Crippen LogP contribution in [0.25, 0.3) is 0 Å². The molecule has 0 aliphatic heterocycles. The molecule has 0 aliphatic rings. The SMILES string of the molecule is CCCNc1cc(NCc2cc(C)on2)nc(CC)n1. The van der Waals surface area contributed by atoms with Crippen molar-refractivity contribution in [2.45, 2.75) is 40.2 Å². The number of nitrogens with zero attached hydrogens (tertiary/aromatic N) is 3. The first kappa shape index (κ1) is 14.3. The third-order valence-corrected chi connectivity index (χ3v) is 2.77. The predicted molar refractivity (Wildman–Crippen MR) is 78.8 cm³/mol. The van der Waals surface area contributed by atoms with Crippen molar-refractivity contribution in [1.82, 2.24) is 15.1 Å². The lowest BCUT2D eigenvalue weighted by atomic mass is 10.3. The van der Waals surface area contributed by atoms with Crippen molar-refractivity contribution in [2.24, 2.45) is 0 Å². The van der Waals surface area contributed by atoms with E-state index < -0.39 is 0 Å². The molecule has 2 rings (SSSR count). The summed E-state index contributed by atoms with van der Waals surface area (Å²) in [6, 6.07) is 3.83. The smallest absolute Gasteiger partial charge is 0.133 e. The summed E-state index contributed by atoms with van der Waals surface area (Å²) in [7, 11) is 0. The Balaban J connectivity index is 2.05. The standard InChI is InChI=1S/C14H21N5O/c1-4-6-15-13-8-14(18-12(5-2)17-13)16-9-11-7-10(3)20-19-11/h7-8H,4-6,9H2,1-3H3,(H2,15,16,17,18). The summed E-state index contributed by atoms with van der Waals surface area (Å²) in [5.41, 5.74) is 0.863. The molecule has 0 aliphatic carbocycles. The maximum Gasteiger partial charge on any atom is 0.133 e. The van der Waals surface area contributed by atoms with Gasteiger partial charge in [-0.15, -0.1) is 0 Å². The van der Waals surface area contributed by atoms with E-state index in [2.05, 4.69) is 32.7 Å². The highest BCUT2D eigenvalue weighted by Crippen LogP contribution is 2.13. The van der Waals surface area contributed by atoms with Gasteiger partial charge in [-0.3, -0.25) is 0 Å². The largest absolute Gasteiger partial charge is 0.370 e. The fraction of sp³-hybridized carbons (Fsp3) is 0.500. The third-order valence-electron chi connectivity index (χ3n) is 2.77. The van der Waals surface area contributed by atoms with Gasteiger partial charge in [0.15, 0.2) is 0 Å². The molecule has 0 fully saturated rings. The molecule has 6 heteroatoms. The van der Waals surface area contributed by atoms with Crippen molar-refractivity contribution < 1.29 is 4.52 Å². The van der Waals surface area contributed by atoms with Crippen LogP contribution in [0.2, 0.25) is 0 Å². The van der Waals surface area contributed by atoms with Gasteiger partial charge in [0.05, 0.1) is 6.54 Å². The molecule has 2 N–H and O–H groups in total. The molecular formula is C14H21N5O. The molecule has 0 amide bonds. The molecule has 2 aromatic rings. The zero-order valence-electron chi connectivity index (χ0n) is 12.2. The number of rotatable bonds is 7.